The molecule has 0 radical (unpaired) electrons. The zero-order valence-electron chi connectivity index (χ0n) is 14.6. The molecule has 4 rings (SSSR count). The third kappa shape index (κ3) is 2.78. The van der Waals surface area contributed by atoms with Crippen molar-refractivity contribution in [3.8, 4) is 11.1 Å². The highest BCUT2D eigenvalue weighted by Crippen LogP contribution is 2.46. The molecule has 1 amide bonds. The SMILES string of the molecule is COC(=O)[C@@H](NC(=O)[C@@H]1CCCO1)C1c2ccccc2-c2ccccc21. The molecule has 2 atom stereocenters. The molecule has 1 fully saturated rings. The van der Waals surface area contributed by atoms with Gasteiger partial charge in [0.05, 0.1) is 7.11 Å². The monoisotopic (exact) mass is 351 g/mol. The molecule has 2 aromatic carbocycles. The molecule has 5 heteroatoms. The van der Waals surface area contributed by atoms with Crippen molar-refractivity contribution in [3.63, 3.8) is 0 Å². The number of benzene rings is 2. The number of esters is 1. The van der Waals surface area contributed by atoms with Gasteiger partial charge in [0.15, 0.2) is 0 Å². The van der Waals surface area contributed by atoms with Crippen molar-refractivity contribution < 1.29 is 19.1 Å². The van der Waals surface area contributed by atoms with Gasteiger partial charge in [-0.1, -0.05) is 48.5 Å². The Hall–Kier alpha value is -2.66. The van der Waals surface area contributed by atoms with Crippen LogP contribution < -0.4 is 5.32 Å². The number of hydrogen-bond acceptors (Lipinski definition) is 4. The highest BCUT2D eigenvalue weighted by Gasteiger charge is 2.40. The molecule has 1 saturated heterocycles. The van der Waals surface area contributed by atoms with E-state index < -0.39 is 18.1 Å². The lowest BCUT2D eigenvalue weighted by Gasteiger charge is -2.25. The molecule has 0 bridgehead atoms. The summed E-state index contributed by atoms with van der Waals surface area (Å²) in [6.45, 7) is 0.579. The average Bonchev–Trinajstić information content (AvgIpc) is 3.32. The summed E-state index contributed by atoms with van der Waals surface area (Å²) in [4.78, 5) is 25.2. The quantitative estimate of drug-likeness (QED) is 0.860. The summed E-state index contributed by atoms with van der Waals surface area (Å²) in [5, 5.41) is 2.89. The fraction of sp³-hybridized carbons (Fsp3) is 0.333. The molecule has 1 heterocycles. The first-order valence-corrected chi connectivity index (χ1v) is 8.88. The molecule has 2 aliphatic rings. The van der Waals surface area contributed by atoms with Crippen molar-refractivity contribution >= 4 is 11.9 Å². The highest BCUT2D eigenvalue weighted by atomic mass is 16.5. The fourth-order valence-corrected chi connectivity index (χ4v) is 3.99. The summed E-state index contributed by atoms with van der Waals surface area (Å²) < 4.78 is 10.5. The Labute approximate surface area is 152 Å². The third-order valence-corrected chi connectivity index (χ3v) is 5.19. The van der Waals surface area contributed by atoms with Crippen LogP contribution in [0.4, 0.5) is 0 Å². The summed E-state index contributed by atoms with van der Waals surface area (Å²) in [5.74, 6) is -0.979. The maximum absolute atomic E-state index is 12.6. The average molecular weight is 351 g/mol. The van der Waals surface area contributed by atoms with Crippen LogP contribution in [0.2, 0.25) is 0 Å². The normalized spacial score (nSPS) is 19.5. The molecule has 0 saturated carbocycles. The van der Waals surface area contributed by atoms with Crippen molar-refractivity contribution in [2.24, 2.45) is 0 Å². The van der Waals surface area contributed by atoms with Crippen LogP contribution in [-0.2, 0) is 19.1 Å². The minimum atomic E-state index is -0.790. The van der Waals surface area contributed by atoms with Crippen LogP contribution in [-0.4, -0.2) is 37.7 Å². The van der Waals surface area contributed by atoms with Crippen molar-refractivity contribution in [2.45, 2.75) is 30.9 Å². The Kier molecular flexibility index (Phi) is 4.47. The Balaban J connectivity index is 1.73. The first kappa shape index (κ1) is 16.8. The van der Waals surface area contributed by atoms with E-state index in [1.54, 1.807) is 0 Å². The lowest BCUT2D eigenvalue weighted by molar-refractivity contribution is -0.146. The van der Waals surface area contributed by atoms with Crippen molar-refractivity contribution in [1.82, 2.24) is 5.32 Å². The summed E-state index contributed by atoms with van der Waals surface area (Å²) >= 11 is 0. The predicted molar refractivity (Wildman–Crippen MR) is 96.6 cm³/mol. The van der Waals surface area contributed by atoms with Crippen LogP contribution in [0.25, 0.3) is 11.1 Å². The second kappa shape index (κ2) is 6.92. The standard InChI is InChI=1S/C21H21NO4/c1-25-21(24)19(22-20(23)17-11-6-12-26-17)18-15-9-4-2-7-13(15)14-8-3-5-10-16(14)18/h2-5,7-10,17-19H,6,11-12H2,1H3,(H,22,23)/t17-,19-/m0/s1. The van der Waals surface area contributed by atoms with Gasteiger partial charge in [-0.25, -0.2) is 4.79 Å². The van der Waals surface area contributed by atoms with E-state index in [9.17, 15) is 9.59 Å². The van der Waals surface area contributed by atoms with Gasteiger partial charge in [0, 0.05) is 12.5 Å². The van der Waals surface area contributed by atoms with E-state index >= 15 is 0 Å². The van der Waals surface area contributed by atoms with E-state index in [4.69, 9.17) is 9.47 Å². The van der Waals surface area contributed by atoms with Gasteiger partial charge in [0.1, 0.15) is 12.1 Å². The molecule has 1 aliphatic carbocycles. The molecule has 26 heavy (non-hydrogen) atoms. The predicted octanol–water partition coefficient (Wildman–Crippen LogP) is 2.64. The van der Waals surface area contributed by atoms with Gasteiger partial charge in [0.25, 0.3) is 0 Å². The number of methoxy groups -OCH3 is 1. The fourth-order valence-electron chi connectivity index (χ4n) is 3.99. The van der Waals surface area contributed by atoms with Crippen molar-refractivity contribution in [2.75, 3.05) is 13.7 Å². The van der Waals surface area contributed by atoms with Crippen LogP contribution in [0, 0.1) is 0 Å². The number of hydrogen-bond donors (Lipinski definition) is 1. The first-order valence-electron chi connectivity index (χ1n) is 8.88. The van der Waals surface area contributed by atoms with Gasteiger partial charge < -0.3 is 14.8 Å². The number of carbonyl (C=O) groups is 2. The molecule has 2 aromatic rings. The molecule has 1 aliphatic heterocycles. The highest BCUT2D eigenvalue weighted by molar-refractivity contribution is 5.90. The zero-order chi connectivity index (χ0) is 18.1. The van der Waals surface area contributed by atoms with Crippen LogP contribution in [0.3, 0.4) is 0 Å². The van der Waals surface area contributed by atoms with Gasteiger partial charge in [-0.3, -0.25) is 4.79 Å². The summed E-state index contributed by atoms with van der Waals surface area (Å²) in [5.41, 5.74) is 4.23. The number of nitrogens with one attached hydrogen (secondary N) is 1. The van der Waals surface area contributed by atoms with E-state index in [0.29, 0.717) is 13.0 Å². The maximum Gasteiger partial charge on any atom is 0.329 e. The lowest BCUT2D eigenvalue weighted by atomic mass is 9.89. The van der Waals surface area contributed by atoms with E-state index in [1.165, 1.54) is 7.11 Å². The molecular weight excluding hydrogens is 330 g/mol. The number of amides is 1. The topological polar surface area (TPSA) is 64.6 Å². The van der Waals surface area contributed by atoms with Crippen molar-refractivity contribution in [3.05, 3.63) is 59.7 Å². The van der Waals surface area contributed by atoms with Gasteiger partial charge >= 0.3 is 5.97 Å². The molecule has 0 aromatic heterocycles. The van der Waals surface area contributed by atoms with Gasteiger partial charge in [-0.15, -0.1) is 0 Å². The molecular formula is C21H21NO4. The smallest absolute Gasteiger partial charge is 0.329 e. The second-order valence-corrected chi connectivity index (χ2v) is 6.66. The van der Waals surface area contributed by atoms with Crippen LogP contribution in [0.5, 0.6) is 0 Å². The number of fused-ring (bicyclic) bond motifs is 3. The van der Waals surface area contributed by atoms with Crippen LogP contribution >= 0.6 is 0 Å². The summed E-state index contributed by atoms with van der Waals surface area (Å²) in [6, 6.07) is 15.2. The number of carbonyl (C=O) groups excluding carboxylic acids is 2. The Morgan fingerprint density at radius 2 is 1.69 bits per heavy atom. The minimum absolute atomic E-state index is 0.250. The second-order valence-electron chi connectivity index (χ2n) is 6.66. The van der Waals surface area contributed by atoms with Gasteiger partial charge in [0.2, 0.25) is 5.91 Å². The molecule has 1 N–H and O–H groups in total. The third-order valence-electron chi connectivity index (χ3n) is 5.19. The largest absolute Gasteiger partial charge is 0.467 e. The Bertz CT molecular complexity index is 796. The number of rotatable bonds is 4. The lowest BCUT2D eigenvalue weighted by Crippen LogP contribution is -2.48. The summed E-state index contributed by atoms with van der Waals surface area (Å²) in [7, 11) is 1.35. The Morgan fingerprint density at radius 3 is 2.23 bits per heavy atom. The van der Waals surface area contributed by atoms with Crippen molar-refractivity contribution in [1.29, 1.82) is 0 Å². The van der Waals surface area contributed by atoms with E-state index in [-0.39, 0.29) is 11.8 Å². The molecule has 134 valence electrons. The molecule has 0 unspecified atom stereocenters. The maximum atomic E-state index is 12.6. The van der Waals surface area contributed by atoms with Crippen LogP contribution in [0.1, 0.15) is 29.9 Å². The van der Waals surface area contributed by atoms with E-state index in [0.717, 1.165) is 28.7 Å². The first-order chi connectivity index (χ1) is 12.7. The molecule has 5 nitrogen and oxygen atoms in total. The van der Waals surface area contributed by atoms with Gasteiger partial charge in [-0.05, 0) is 35.1 Å². The number of ether oxygens (including phenoxy) is 2. The van der Waals surface area contributed by atoms with E-state index in [2.05, 4.69) is 5.32 Å². The zero-order valence-corrected chi connectivity index (χ0v) is 14.6. The minimum Gasteiger partial charge on any atom is -0.467 e. The van der Waals surface area contributed by atoms with Crippen LogP contribution in [0.15, 0.2) is 48.5 Å². The Morgan fingerprint density at radius 1 is 1.08 bits per heavy atom. The van der Waals surface area contributed by atoms with E-state index in [1.807, 2.05) is 48.5 Å². The summed E-state index contributed by atoms with van der Waals surface area (Å²) in [6.07, 6.45) is 1.04. The molecule has 0 spiro atoms. The van der Waals surface area contributed by atoms with Gasteiger partial charge in [-0.2, -0.15) is 0 Å².